The van der Waals surface area contributed by atoms with Crippen LogP contribution >= 0.6 is 15.9 Å². The number of benzene rings is 1. The van der Waals surface area contributed by atoms with E-state index in [1.54, 1.807) is 7.11 Å². The van der Waals surface area contributed by atoms with Crippen LogP contribution in [0.2, 0.25) is 0 Å². The van der Waals surface area contributed by atoms with Crippen LogP contribution in [-0.4, -0.2) is 55.2 Å². The molecule has 0 saturated carbocycles. The third-order valence-electron chi connectivity index (χ3n) is 3.94. The standard InChI is InChI=1S/C14H18BrN3O2/c1-20-13-3-2-10(6-12(13)15)8-17-4-5-18-11(9-17)7-16-14(18)19/h2-3,6,11H,4-5,7-9H2,1H3,(H,16,19). The van der Waals surface area contributed by atoms with Gasteiger partial charge in [0.2, 0.25) is 0 Å². The second-order valence-electron chi connectivity index (χ2n) is 5.24. The zero-order valence-corrected chi connectivity index (χ0v) is 13.0. The van der Waals surface area contributed by atoms with E-state index in [-0.39, 0.29) is 6.03 Å². The van der Waals surface area contributed by atoms with Crippen LogP contribution < -0.4 is 10.1 Å². The number of halogens is 1. The van der Waals surface area contributed by atoms with E-state index in [1.807, 2.05) is 11.0 Å². The first-order valence-corrected chi connectivity index (χ1v) is 7.56. The van der Waals surface area contributed by atoms with E-state index in [9.17, 15) is 4.79 Å². The molecular formula is C14H18BrN3O2. The summed E-state index contributed by atoms with van der Waals surface area (Å²) in [7, 11) is 1.67. The first kappa shape index (κ1) is 13.7. The molecule has 0 bridgehead atoms. The van der Waals surface area contributed by atoms with Crippen molar-refractivity contribution < 1.29 is 9.53 Å². The van der Waals surface area contributed by atoms with Gasteiger partial charge in [-0.25, -0.2) is 4.79 Å². The van der Waals surface area contributed by atoms with Gasteiger partial charge in [0.15, 0.2) is 0 Å². The molecule has 2 saturated heterocycles. The summed E-state index contributed by atoms with van der Waals surface area (Å²) in [5, 5.41) is 2.91. The Bertz CT molecular complexity index is 523. The van der Waals surface area contributed by atoms with Crippen LogP contribution in [0.25, 0.3) is 0 Å². The molecule has 0 aromatic heterocycles. The van der Waals surface area contributed by atoms with E-state index < -0.39 is 0 Å². The van der Waals surface area contributed by atoms with Gasteiger partial charge in [-0.15, -0.1) is 0 Å². The molecule has 1 N–H and O–H groups in total. The number of amides is 2. The Hall–Kier alpha value is -1.27. The quantitative estimate of drug-likeness (QED) is 0.910. The number of hydrogen-bond acceptors (Lipinski definition) is 3. The van der Waals surface area contributed by atoms with Gasteiger partial charge in [0.25, 0.3) is 0 Å². The molecule has 2 aliphatic heterocycles. The maximum atomic E-state index is 11.6. The number of piperazine rings is 1. The van der Waals surface area contributed by atoms with Gasteiger partial charge in [-0.2, -0.15) is 0 Å². The minimum Gasteiger partial charge on any atom is -0.496 e. The third-order valence-corrected chi connectivity index (χ3v) is 4.56. The molecule has 0 spiro atoms. The lowest BCUT2D eigenvalue weighted by Crippen LogP contribution is -2.51. The molecule has 2 aliphatic rings. The van der Waals surface area contributed by atoms with Gasteiger partial charge < -0.3 is 15.0 Å². The predicted octanol–water partition coefficient (Wildman–Crippen LogP) is 1.67. The van der Waals surface area contributed by atoms with Crippen molar-refractivity contribution in [1.29, 1.82) is 0 Å². The lowest BCUT2D eigenvalue weighted by molar-refractivity contribution is 0.116. The summed E-state index contributed by atoms with van der Waals surface area (Å²) in [6.45, 7) is 4.34. The summed E-state index contributed by atoms with van der Waals surface area (Å²) in [6.07, 6.45) is 0. The van der Waals surface area contributed by atoms with E-state index in [0.717, 1.165) is 42.9 Å². The number of hydrogen-bond donors (Lipinski definition) is 1. The van der Waals surface area contributed by atoms with Crippen molar-refractivity contribution in [3.8, 4) is 5.75 Å². The molecule has 5 nitrogen and oxygen atoms in total. The lowest BCUT2D eigenvalue weighted by Gasteiger charge is -2.36. The van der Waals surface area contributed by atoms with Gasteiger partial charge >= 0.3 is 6.03 Å². The van der Waals surface area contributed by atoms with Crippen LogP contribution in [0.15, 0.2) is 22.7 Å². The predicted molar refractivity (Wildman–Crippen MR) is 79.9 cm³/mol. The van der Waals surface area contributed by atoms with Crippen LogP contribution in [0.5, 0.6) is 5.75 Å². The summed E-state index contributed by atoms with van der Waals surface area (Å²) in [4.78, 5) is 15.9. The normalized spacial score (nSPS) is 22.6. The molecule has 2 heterocycles. The number of urea groups is 1. The second kappa shape index (κ2) is 5.61. The van der Waals surface area contributed by atoms with E-state index in [1.165, 1.54) is 5.56 Å². The average molecular weight is 340 g/mol. The summed E-state index contributed by atoms with van der Waals surface area (Å²) >= 11 is 3.52. The van der Waals surface area contributed by atoms with Gasteiger partial charge in [-0.3, -0.25) is 4.90 Å². The maximum Gasteiger partial charge on any atom is 0.317 e. The number of methoxy groups -OCH3 is 1. The number of ether oxygens (including phenoxy) is 1. The highest BCUT2D eigenvalue weighted by Crippen LogP contribution is 2.26. The Morgan fingerprint density at radius 2 is 2.30 bits per heavy atom. The molecule has 0 aliphatic carbocycles. The number of nitrogens with zero attached hydrogens (tertiary/aromatic N) is 2. The van der Waals surface area contributed by atoms with Crippen LogP contribution in [-0.2, 0) is 6.54 Å². The number of rotatable bonds is 3. The summed E-state index contributed by atoms with van der Waals surface area (Å²) < 4.78 is 6.23. The molecule has 1 aromatic rings. The van der Waals surface area contributed by atoms with Crippen LogP contribution in [0.3, 0.4) is 0 Å². The van der Waals surface area contributed by atoms with Crippen molar-refractivity contribution in [3.05, 3.63) is 28.2 Å². The second-order valence-corrected chi connectivity index (χ2v) is 6.09. The van der Waals surface area contributed by atoms with Gasteiger partial charge in [0.1, 0.15) is 5.75 Å². The Balaban J connectivity index is 1.64. The first-order chi connectivity index (χ1) is 9.67. The summed E-state index contributed by atoms with van der Waals surface area (Å²) in [5.41, 5.74) is 1.25. The third kappa shape index (κ3) is 2.62. The van der Waals surface area contributed by atoms with E-state index in [0.29, 0.717) is 6.04 Å². The largest absolute Gasteiger partial charge is 0.496 e. The topological polar surface area (TPSA) is 44.8 Å². The fourth-order valence-corrected chi connectivity index (χ4v) is 3.47. The SMILES string of the molecule is COc1ccc(CN2CCN3C(=O)NCC3C2)cc1Br. The van der Waals surface area contributed by atoms with E-state index in [4.69, 9.17) is 4.74 Å². The maximum absolute atomic E-state index is 11.6. The molecule has 1 atom stereocenters. The summed E-state index contributed by atoms with van der Waals surface area (Å²) in [6, 6.07) is 6.58. The highest BCUT2D eigenvalue weighted by molar-refractivity contribution is 9.10. The molecule has 2 fully saturated rings. The van der Waals surface area contributed by atoms with Gasteiger partial charge in [-0.05, 0) is 33.6 Å². The Kier molecular flexibility index (Phi) is 3.85. The van der Waals surface area contributed by atoms with Crippen molar-refractivity contribution >= 4 is 22.0 Å². The minimum atomic E-state index is 0.0850. The molecule has 3 rings (SSSR count). The highest BCUT2D eigenvalue weighted by Gasteiger charge is 2.35. The van der Waals surface area contributed by atoms with E-state index in [2.05, 4.69) is 38.3 Å². The summed E-state index contributed by atoms with van der Waals surface area (Å²) in [5.74, 6) is 0.851. The van der Waals surface area contributed by atoms with Crippen molar-refractivity contribution in [3.63, 3.8) is 0 Å². The zero-order chi connectivity index (χ0) is 14.1. The lowest BCUT2D eigenvalue weighted by atomic mass is 10.1. The average Bonchev–Trinajstić information content (AvgIpc) is 2.80. The fourth-order valence-electron chi connectivity index (χ4n) is 2.88. The molecule has 2 amide bonds. The fraction of sp³-hybridized carbons (Fsp3) is 0.500. The zero-order valence-electron chi connectivity index (χ0n) is 11.4. The van der Waals surface area contributed by atoms with Crippen LogP contribution in [0.4, 0.5) is 4.79 Å². The molecule has 108 valence electrons. The van der Waals surface area contributed by atoms with Gasteiger partial charge in [-0.1, -0.05) is 6.07 Å². The van der Waals surface area contributed by atoms with Crippen LogP contribution in [0.1, 0.15) is 5.56 Å². The Morgan fingerprint density at radius 1 is 1.45 bits per heavy atom. The smallest absolute Gasteiger partial charge is 0.317 e. The first-order valence-electron chi connectivity index (χ1n) is 6.76. The van der Waals surface area contributed by atoms with Crippen molar-refractivity contribution in [2.45, 2.75) is 12.6 Å². The van der Waals surface area contributed by atoms with Crippen molar-refractivity contribution in [1.82, 2.24) is 15.1 Å². The monoisotopic (exact) mass is 339 g/mol. The minimum absolute atomic E-state index is 0.0850. The molecule has 6 heteroatoms. The molecule has 0 radical (unpaired) electrons. The molecule has 1 unspecified atom stereocenters. The highest BCUT2D eigenvalue weighted by atomic mass is 79.9. The Morgan fingerprint density at radius 3 is 3.05 bits per heavy atom. The number of carbonyl (C=O) groups is 1. The number of nitrogens with one attached hydrogen (secondary N) is 1. The molecular weight excluding hydrogens is 322 g/mol. The van der Waals surface area contributed by atoms with Gasteiger partial charge in [0.05, 0.1) is 17.6 Å². The number of carbonyl (C=O) groups excluding carboxylic acids is 1. The number of fused-ring (bicyclic) bond motifs is 1. The molecule has 20 heavy (non-hydrogen) atoms. The molecule has 1 aromatic carbocycles. The van der Waals surface area contributed by atoms with E-state index >= 15 is 0 Å². The van der Waals surface area contributed by atoms with Gasteiger partial charge in [0, 0.05) is 32.7 Å². The van der Waals surface area contributed by atoms with Crippen molar-refractivity contribution in [2.75, 3.05) is 33.3 Å². The Labute approximate surface area is 127 Å². The van der Waals surface area contributed by atoms with Crippen LogP contribution in [0, 0.1) is 0 Å². The van der Waals surface area contributed by atoms with Crippen molar-refractivity contribution in [2.24, 2.45) is 0 Å².